The summed E-state index contributed by atoms with van der Waals surface area (Å²) in [7, 11) is 0. The summed E-state index contributed by atoms with van der Waals surface area (Å²) in [5.74, 6) is 1.79. The second-order valence-corrected chi connectivity index (χ2v) is 25.4. The van der Waals surface area contributed by atoms with E-state index in [0.29, 0.717) is 17.5 Å². The van der Waals surface area contributed by atoms with Gasteiger partial charge in [-0.1, -0.05) is 315 Å². The van der Waals surface area contributed by atoms with Crippen molar-refractivity contribution in [2.24, 2.45) is 0 Å². The largest absolute Gasteiger partial charge is 0.208 e. The lowest BCUT2D eigenvalue weighted by molar-refractivity contribution is 0.794. The highest BCUT2D eigenvalue weighted by Gasteiger charge is 2.51. The van der Waals surface area contributed by atoms with Crippen LogP contribution in [0.15, 0.2) is 370 Å². The molecule has 1 spiro atoms. The molecule has 0 unspecified atom stereocenters. The first-order chi connectivity index (χ1) is 48.0. The van der Waals surface area contributed by atoms with E-state index in [1.165, 1.54) is 83.5 Å². The van der Waals surface area contributed by atoms with Gasteiger partial charge in [0.25, 0.3) is 0 Å². The molecule has 0 saturated carbocycles. The Hall–Kier alpha value is -12.7. The normalized spacial score (nSPS) is 12.2. The highest BCUT2D eigenvalue weighted by molar-refractivity contribution is 5.96. The number of hydrogen-bond donors (Lipinski definition) is 0. The van der Waals surface area contributed by atoms with Crippen LogP contribution >= 0.6 is 0 Å². The van der Waals surface area contributed by atoms with Gasteiger partial charge in [0.15, 0.2) is 17.5 Å². The topological polar surface area (TPSA) is 38.7 Å². The maximum atomic E-state index is 5.33. The zero-order valence-corrected chi connectivity index (χ0v) is 53.1. The summed E-state index contributed by atoms with van der Waals surface area (Å²) in [4.78, 5) is 15.9. The monoisotopic (exact) mass is 1230 g/mol. The first-order valence-electron chi connectivity index (χ1n) is 33.3. The van der Waals surface area contributed by atoms with Crippen molar-refractivity contribution in [3.05, 3.63) is 392 Å². The van der Waals surface area contributed by atoms with Crippen molar-refractivity contribution in [2.45, 2.75) is 5.41 Å². The molecule has 0 saturated heterocycles. The van der Waals surface area contributed by atoms with Gasteiger partial charge in [0.05, 0.1) is 5.41 Å². The summed E-state index contributed by atoms with van der Waals surface area (Å²) in [5, 5.41) is 0. The van der Waals surface area contributed by atoms with E-state index in [0.717, 1.165) is 77.9 Å². The molecule has 0 bridgehead atoms. The molecular formula is C94H61N3. The fourth-order valence-corrected chi connectivity index (χ4v) is 15.1. The van der Waals surface area contributed by atoms with Crippen LogP contribution in [0, 0.1) is 0 Å². The summed E-state index contributed by atoms with van der Waals surface area (Å²) in [6, 6.07) is 134. The Labute approximate surface area is 565 Å². The van der Waals surface area contributed by atoms with E-state index in [9.17, 15) is 0 Å². The average Bonchev–Trinajstić information content (AvgIpc) is 1.51. The minimum atomic E-state index is -0.399. The molecule has 15 aromatic carbocycles. The average molecular weight is 1230 g/mol. The zero-order chi connectivity index (χ0) is 64.2. The molecule has 452 valence electrons. The van der Waals surface area contributed by atoms with Gasteiger partial charge in [-0.3, -0.25) is 0 Å². The minimum Gasteiger partial charge on any atom is -0.208 e. The maximum absolute atomic E-state index is 5.33. The zero-order valence-electron chi connectivity index (χ0n) is 53.1. The van der Waals surface area contributed by atoms with Crippen molar-refractivity contribution in [1.29, 1.82) is 0 Å². The lowest BCUT2D eigenvalue weighted by Gasteiger charge is -2.30. The predicted molar refractivity (Wildman–Crippen MR) is 401 cm³/mol. The van der Waals surface area contributed by atoms with Crippen molar-refractivity contribution in [1.82, 2.24) is 15.0 Å². The molecule has 1 heterocycles. The highest BCUT2D eigenvalue weighted by atomic mass is 15.0. The number of nitrogens with zero attached hydrogens (tertiary/aromatic N) is 3. The third-order valence-corrected chi connectivity index (χ3v) is 19.7. The molecule has 18 rings (SSSR count). The highest BCUT2D eigenvalue weighted by Crippen LogP contribution is 2.63. The van der Waals surface area contributed by atoms with E-state index in [1.807, 2.05) is 0 Å². The summed E-state index contributed by atoms with van der Waals surface area (Å²) >= 11 is 0. The fraction of sp³-hybridized carbons (Fsp3) is 0.0106. The quantitative estimate of drug-likeness (QED) is 0.122. The molecule has 0 atom stereocenters. The van der Waals surface area contributed by atoms with Crippen molar-refractivity contribution in [3.63, 3.8) is 0 Å². The van der Waals surface area contributed by atoms with Crippen LogP contribution in [0.5, 0.6) is 0 Å². The van der Waals surface area contributed by atoms with Gasteiger partial charge in [-0.25, -0.2) is 15.0 Å². The van der Waals surface area contributed by atoms with Crippen LogP contribution in [-0.2, 0) is 5.41 Å². The van der Waals surface area contributed by atoms with Gasteiger partial charge in [-0.15, -0.1) is 0 Å². The summed E-state index contributed by atoms with van der Waals surface area (Å²) < 4.78 is 0. The van der Waals surface area contributed by atoms with Crippen molar-refractivity contribution >= 4 is 0 Å². The third kappa shape index (κ3) is 10.3. The van der Waals surface area contributed by atoms with Crippen LogP contribution < -0.4 is 0 Å². The van der Waals surface area contributed by atoms with Crippen molar-refractivity contribution in [3.8, 4) is 157 Å². The Morgan fingerprint density at radius 1 is 0.134 bits per heavy atom. The van der Waals surface area contributed by atoms with Crippen molar-refractivity contribution < 1.29 is 0 Å². The van der Waals surface area contributed by atoms with E-state index in [-0.39, 0.29) is 0 Å². The molecule has 16 aromatic rings. The Morgan fingerprint density at radius 2 is 0.340 bits per heavy atom. The Morgan fingerprint density at radius 3 is 0.670 bits per heavy atom. The number of hydrogen-bond acceptors (Lipinski definition) is 3. The number of rotatable bonds is 12. The van der Waals surface area contributed by atoms with Gasteiger partial charge in [0, 0.05) is 16.7 Å². The smallest absolute Gasteiger partial charge is 0.164 e. The van der Waals surface area contributed by atoms with Crippen LogP contribution in [0.4, 0.5) is 0 Å². The van der Waals surface area contributed by atoms with Crippen LogP contribution in [0.3, 0.4) is 0 Å². The van der Waals surface area contributed by atoms with Gasteiger partial charge in [0.2, 0.25) is 0 Å². The molecular weight excluding hydrogens is 1170 g/mol. The molecule has 0 aliphatic heterocycles. The number of aromatic nitrogens is 3. The van der Waals surface area contributed by atoms with Gasteiger partial charge < -0.3 is 0 Å². The number of benzene rings is 15. The molecule has 2 aliphatic carbocycles. The minimum absolute atomic E-state index is 0.399. The predicted octanol–water partition coefficient (Wildman–Crippen LogP) is 24.2. The molecule has 1 aromatic heterocycles. The third-order valence-electron chi connectivity index (χ3n) is 19.7. The first kappa shape index (κ1) is 57.0. The maximum Gasteiger partial charge on any atom is 0.164 e. The van der Waals surface area contributed by atoms with Gasteiger partial charge in [-0.2, -0.15) is 0 Å². The summed E-state index contributed by atoms with van der Waals surface area (Å²) in [5.41, 5.74) is 33.6. The fourth-order valence-electron chi connectivity index (χ4n) is 15.1. The first-order valence-corrected chi connectivity index (χ1v) is 33.3. The van der Waals surface area contributed by atoms with E-state index >= 15 is 0 Å². The molecule has 97 heavy (non-hydrogen) atoms. The van der Waals surface area contributed by atoms with E-state index in [1.54, 1.807) is 0 Å². The molecule has 0 fully saturated rings. The standard InChI is InChI=1S/C94H61N3/c1-3-21-62(22-4-1)66-25-13-28-69(53-66)70-29-15-27-68(55-70)64-47-49-65(50-48-64)91-95-92(81-39-19-37-78(59-81)71-30-14-26-67(54-71)63-23-5-2-6-24-63)97-93(96-91)82-40-20-38-79(60-82)76-35-17-33-74(57-76)72-31-16-32-73(56-72)75-34-18-36-77(58-75)80-51-52-86-85-43-9-12-46-89(85)94(90(86)61-80)87-44-10-7-41-83(87)84-42-8-11-45-88(84)94/h1-61H. The van der Waals surface area contributed by atoms with Crippen LogP contribution in [0.2, 0.25) is 0 Å². The summed E-state index contributed by atoms with van der Waals surface area (Å²) in [6.07, 6.45) is 0. The van der Waals surface area contributed by atoms with Crippen LogP contribution in [0.1, 0.15) is 22.3 Å². The van der Waals surface area contributed by atoms with Gasteiger partial charge >= 0.3 is 0 Å². The lowest BCUT2D eigenvalue weighted by Crippen LogP contribution is -2.25. The van der Waals surface area contributed by atoms with E-state index < -0.39 is 5.41 Å². The molecule has 2 aliphatic rings. The van der Waals surface area contributed by atoms with E-state index in [4.69, 9.17) is 15.0 Å². The molecule has 3 nitrogen and oxygen atoms in total. The SMILES string of the molecule is c1ccc(-c2cccc(-c3cccc(-c4ccc(-c5nc(-c6cccc(-c7cccc(-c8ccccc8)c7)c6)nc(-c6cccc(-c7cccc(-c8cccc(-c9cccc(-c%10ccc%11c(c%10)C%10(c%12ccccc%12-c%12ccccc%12%10)c%10ccccc%10-%11)c9)c8)c7)c6)n5)cc4)c3)c2)cc1. The van der Waals surface area contributed by atoms with Crippen molar-refractivity contribution in [2.75, 3.05) is 0 Å². The lowest BCUT2D eigenvalue weighted by atomic mass is 9.70. The van der Waals surface area contributed by atoms with Crippen LogP contribution in [0.25, 0.3) is 157 Å². The second-order valence-electron chi connectivity index (χ2n) is 25.4. The molecule has 0 amide bonds. The van der Waals surface area contributed by atoms with Gasteiger partial charge in [0.1, 0.15) is 0 Å². The summed E-state index contributed by atoms with van der Waals surface area (Å²) in [6.45, 7) is 0. The molecule has 0 radical (unpaired) electrons. The van der Waals surface area contributed by atoms with E-state index in [2.05, 4.69) is 370 Å². The second kappa shape index (κ2) is 24.0. The Kier molecular flexibility index (Phi) is 14.1. The van der Waals surface area contributed by atoms with Gasteiger partial charge in [-0.05, 0) is 199 Å². The Balaban J connectivity index is 0.667. The number of fused-ring (bicyclic) bond motifs is 10. The molecule has 0 N–H and O–H groups in total. The van der Waals surface area contributed by atoms with Crippen LogP contribution in [-0.4, -0.2) is 15.0 Å². The Bertz CT molecular complexity index is 5650. The molecule has 3 heteroatoms.